The molecule has 0 saturated carbocycles. The van der Waals surface area contributed by atoms with Gasteiger partial charge in [-0.25, -0.2) is 4.39 Å². The van der Waals surface area contributed by atoms with Crippen molar-refractivity contribution >= 4 is 5.91 Å². The van der Waals surface area contributed by atoms with E-state index >= 15 is 0 Å². The average molecular weight is 255 g/mol. The van der Waals surface area contributed by atoms with Crippen LogP contribution < -0.4 is 5.32 Å². The molecule has 1 amide bonds. The molecular formula is C16H14FNO. The molecule has 0 saturated heterocycles. The van der Waals surface area contributed by atoms with Crippen LogP contribution in [0, 0.1) is 12.7 Å². The lowest BCUT2D eigenvalue weighted by Crippen LogP contribution is -2.31. The molecule has 0 aliphatic carbocycles. The molecule has 3 rings (SSSR count). The fraction of sp³-hybridized carbons (Fsp3) is 0.188. The third-order valence-electron chi connectivity index (χ3n) is 3.55. The van der Waals surface area contributed by atoms with Crippen LogP contribution in [0.1, 0.15) is 21.5 Å². The number of fused-ring (bicyclic) bond motifs is 1. The minimum Gasteiger partial charge on any atom is -0.352 e. The van der Waals surface area contributed by atoms with Crippen molar-refractivity contribution in [3.8, 4) is 11.1 Å². The summed E-state index contributed by atoms with van der Waals surface area (Å²) in [6.07, 6.45) is 0.831. The molecule has 1 N–H and O–H groups in total. The standard InChI is InChI=1S/C16H14FNO/c1-10-3-2-4-14(17)15(10)12-6-5-11-7-8-18-16(19)13(11)9-12/h2-6,9H,7-8H2,1H3,(H,18,19). The molecule has 0 aromatic heterocycles. The summed E-state index contributed by atoms with van der Waals surface area (Å²) in [5, 5.41) is 2.81. The summed E-state index contributed by atoms with van der Waals surface area (Å²) in [4.78, 5) is 11.8. The smallest absolute Gasteiger partial charge is 0.251 e. The van der Waals surface area contributed by atoms with Gasteiger partial charge < -0.3 is 5.32 Å². The maximum Gasteiger partial charge on any atom is 0.251 e. The molecule has 1 aliphatic rings. The molecule has 2 aromatic rings. The summed E-state index contributed by atoms with van der Waals surface area (Å²) in [5.41, 5.74) is 3.89. The van der Waals surface area contributed by atoms with E-state index in [1.165, 1.54) is 6.07 Å². The Labute approximate surface area is 111 Å². The van der Waals surface area contributed by atoms with Crippen molar-refractivity contribution in [2.24, 2.45) is 0 Å². The van der Waals surface area contributed by atoms with Gasteiger partial charge in [-0.05, 0) is 42.2 Å². The maximum absolute atomic E-state index is 14.0. The Kier molecular flexibility index (Phi) is 2.82. The molecule has 0 spiro atoms. The quantitative estimate of drug-likeness (QED) is 0.833. The molecule has 0 bridgehead atoms. The number of carbonyl (C=O) groups is 1. The van der Waals surface area contributed by atoms with Crippen LogP contribution in [0.2, 0.25) is 0 Å². The van der Waals surface area contributed by atoms with Crippen LogP contribution in [0.4, 0.5) is 4.39 Å². The third-order valence-corrected chi connectivity index (χ3v) is 3.55. The van der Waals surface area contributed by atoms with Gasteiger partial charge in [-0.3, -0.25) is 4.79 Å². The van der Waals surface area contributed by atoms with E-state index < -0.39 is 0 Å². The van der Waals surface area contributed by atoms with Crippen molar-refractivity contribution in [3.63, 3.8) is 0 Å². The third kappa shape index (κ3) is 2.01. The van der Waals surface area contributed by atoms with Crippen molar-refractivity contribution in [2.45, 2.75) is 13.3 Å². The minimum atomic E-state index is -0.254. The summed E-state index contributed by atoms with van der Waals surface area (Å²) in [7, 11) is 0. The largest absolute Gasteiger partial charge is 0.352 e. The second-order valence-corrected chi connectivity index (χ2v) is 4.81. The number of aryl methyl sites for hydroxylation is 1. The van der Waals surface area contributed by atoms with Crippen molar-refractivity contribution in [3.05, 3.63) is 58.9 Å². The molecule has 2 nitrogen and oxygen atoms in total. The number of rotatable bonds is 1. The zero-order valence-corrected chi connectivity index (χ0v) is 10.7. The summed E-state index contributed by atoms with van der Waals surface area (Å²) < 4.78 is 14.0. The van der Waals surface area contributed by atoms with Crippen LogP contribution in [0.3, 0.4) is 0 Å². The number of halogens is 1. The average Bonchev–Trinajstić information content (AvgIpc) is 2.39. The second kappa shape index (κ2) is 4.50. The van der Waals surface area contributed by atoms with E-state index in [4.69, 9.17) is 0 Å². The lowest BCUT2D eigenvalue weighted by Gasteiger charge is -2.18. The molecule has 2 aromatic carbocycles. The number of amides is 1. The Morgan fingerprint density at radius 1 is 1.21 bits per heavy atom. The maximum atomic E-state index is 14.0. The van der Waals surface area contributed by atoms with E-state index in [2.05, 4.69) is 5.32 Å². The number of nitrogens with one attached hydrogen (secondary N) is 1. The fourth-order valence-corrected chi connectivity index (χ4v) is 2.56. The number of hydrogen-bond acceptors (Lipinski definition) is 1. The van der Waals surface area contributed by atoms with Gasteiger partial charge >= 0.3 is 0 Å². The normalized spacial score (nSPS) is 13.9. The molecule has 0 fully saturated rings. The predicted molar refractivity (Wildman–Crippen MR) is 72.6 cm³/mol. The van der Waals surface area contributed by atoms with E-state index in [-0.39, 0.29) is 11.7 Å². The van der Waals surface area contributed by atoms with Gasteiger partial charge in [-0.1, -0.05) is 24.3 Å². The highest BCUT2D eigenvalue weighted by Gasteiger charge is 2.18. The van der Waals surface area contributed by atoms with E-state index in [0.717, 1.165) is 23.1 Å². The number of hydrogen-bond donors (Lipinski definition) is 1. The Morgan fingerprint density at radius 2 is 2.05 bits per heavy atom. The number of benzene rings is 2. The molecule has 96 valence electrons. The van der Waals surface area contributed by atoms with Gasteiger partial charge in [-0.2, -0.15) is 0 Å². The van der Waals surface area contributed by atoms with Crippen LogP contribution in [0.15, 0.2) is 36.4 Å². The van der Waals surface area contributed by atoms with Crippen molar-refractivity contribution < 1.29 is 9.18 Å². The number of carbonyl (C=O) groups excluding carboxylic acids is 1. The van der Waals surface area contributed by atoms with Gasteiger partial charge in [0.25, 0.3) is 5.91 Å². The van der Waals surface area contributed by atoms with Crippen LogP contribution in [0.5, 0.6) is 0 Å². The molecule has 1 heterocycles. The highest BCUT2D eigenvalue weighted by atomic mass is 19.1. The van der Waals surface area contributed by atoms with Crippen LogP contribution in [-0.4, -0.2) is 12.5 Å². The summed E-state index contributed by atoms with van der Waals surface area (Å²) in [6.45, 7) is 2.54. The van der Waals surface area contributed by atoms with Crippen LogP contribution in [-0.2, 0) is 6.42 Å². The van der Waals surface area contributed by atoms with E-state index in [0.29, 0.717) is 17.7 Å². The van der Waals surface area contributed by atoms with Gasteiger partial charge in [-0.15, -0.1) is 0 Å². The van der Waals surface area contributed by atoms with Crippen molar-refractivity contribution in [1.29, 1.82) is 0 Å². The van der Waals surface area contributed by atoms with Crippen LogP contribution >= 0.6 is 0 Å². The molecule has 3 heteroatoms. The summed E-state index contributed by atoms with van der Waals surface area (Å²) in [5.74, 6) is -0.326. The van der Waals surface area contributed by atoms with Gasteiger partial charge in [0.15, 0.2) is 0 Å². The van der Waals surface area contributed by atoms with E-state index in [1.807, 2.05) is 25.1 Å². The second-order valence-electron chi connectivity index (χ2n) is 4.81. The molecule has 0 radical (unpaired) electrons. The van der Waals surface area contributed by atoms with Crippen molar-refractivity contribution in [1.82, 2.24) is 5.32 Å². The van der Waals surface area contributed by atoms with Gasteiger partial charge in [0.05, 0.1) is 0 Å². The zero-order chi connectivity index (χ0) is 13.4. The van der Waals surface area contributed by atoms with E-state index in [1.54, 1.807) is 12.1 Å². The monoisotopic (exact) mass is 255 g/mol. The molecule has 0 atom stereocenters. The first-order valence-corrected chi connectivity index (χ1v) is 6.33. The molecule has 19 heavy (non-hydrogen) atoms. The van der Waals surface area contributed by atoms with Gasteiger partial charge in [0, 0.05) is 17.7 Å². The lowest BCUT2D eigenvalue weighted by atomic mass is 9.93. The minimum absolute atomic E-state index is 0.0721. The summed E-state index contributed by atoms with van der Waals surface area (Å²) >= 11 is 0. The van der Waals surface area contributed by atoms with Crippen LogP contribution in [0.25, 0.3) is 11.1 Å². The first kappa shape index (κ1) is 11.9. The highest BCUT2D eigenvalue weighted by molar-refractivity contribution is 5.98. The van der Waals surface area contributed by atoms with Gasteiger partial charge in [0.1, 0.15) is 5.82 Å². The Hall–Kier alpha value is -2.16. The lowest BCUT2D eigenvalue weighted by molar-refractivity contribution is 0.0946. The first-order chi connectivity index (χ1) is 9.16. The SMILES string of the molecule is Cc1cccc(F)c1-c1ccc2c(c1)C(=O)NCC2. The first-order valence-electron chi connectivity index (χ1n) is 6.33. The van der Waals surface area contributed by atoms with Crippen molar-refractivity contribution in [2.75, 3.05) is 6.54 Å². The van der Waals surface area contributed by atoms with E-state index in [9.17, 15) is 9.18 Å². The highest BCUT2D eigenvalue weighted by Crippen LogP contribution is 2.29. The molecule has 1 aliphatic heterocycles. The zero-order valence-electron chi connectivity index (χ0n) is 10.7. The Balaban J connectivity index is 2.17. The predicted octanol–water partition coefficient (Wildman–Crippen LogP) is 3.09. The Morgan fingerprint density at radius 3 is 2.84 bits per heavy atom. The fourth-order valence-electron chi connectivity index (χ4n) is 2.56. The topological polar surface area (TPSA) is 29.1 Å². The summed E-state index contributed by atoms with van der Waals surface area (Å²) in [6, 6.07) is 10.6. The molecular weight excluding hydrogens is 241 g/mol. The van der Waals surface area contributed by atoms with Gasteiger partial charge in [0.2, 0.25) is 0 Å². The Bertz CT molecular complexity index is 644. The molecule has 0 unspecified atom stereocenters.